The number of hydrogen-bond acceptors (Lipinski definition) is 4. The fourth-order valence-corrected chi connectivity index (χ4v) is 3.29. The number of rotatable bonds is 5. The average Bonchev–Trinajstić information content (AvgIpc) is 2.74. The van der Waals surface area contributed by atoms with Gasteiger partial charge in [0.05, 0.1) is 7.11 Å². The van der Waals surface area contributed by atoms with E-state index in [1.807, 2.05) is 18.2 Å². The van der Waals surface area contributed by atoms with Crippen LogP contribution in [0.3, 0.4) is 0 Å². The van der Waals surface area contributed by atoms with Crippen LogP contribution in [0.1, 0.15) is 13.8 Å². The van der Waals surface area contributed by atoms with E-state index in [1.54, 1.807) is 50.1 Å². The van der Waals surface area contributed by atoms with Gasteiger partial charge < -0.3 is 19.9 Å². The number of hydrogen-bond donors (Lipinski definition) is 1. The van der Waals surface area contributed by atoms with Gasteiger partial charge in [0.2, 0.25) is 11.8 Å². The average molecular weight is 381 g/mol. The van der Waals surface area contributed by atoms with E-state index in [0.29, 0.717) is 24.5 Å². The Labute approximate surface area is 166 Å². The van der Waals surface area contributed by atoms with E-state index in [0.717, 1.165) is 18.8 Å². The third-order valence-corrected chi connectivity index (χ3v) is 5.12. The highest BCUT2D eigenvalue weighted by molar-refractivity contribution is 6.09. The van der Waals surface area contributed by atoms with E-state index >= 15 is 0 Å². The largest absolute Gasteiger partial charge is 0.497 e. The van der Waals surface area contributed by atoms with Gasteiger partial charge in [0.15, 0.2) is 0 Å². The lowest BCUT2D eigenvalue weighted by atomic mass is 9.89. The smallest absolute Gasteiger partial charge is 0.239 e. The maximum Gasteiger partial charge on any atom is 0.239 e. The zero-order valence-corrected chi connectivity index (χ0v) is 16.6. The minimum atomic E-state index is -1.15. The summed E-state index contributed by atoms with van der Waals surface area (Å²) >= 11 is 0. The quantitative estimate of drug-likeness (QED) is 0.809. The zero-order valence-electron chi connectivity index (χ0n) is 16.6. The van der Waals surface area contributed by atoms with Crippen LogP contribution in [0.15, 0.2) is 54.6 Å². The minimum Gasteiger partial charge on any atom is -0.497 e. The first-order valence-electron chi connectivity index (χ1n) is 9.46. The van der Waals surface area contributed by atoms with Gasteiger partial charge >= 0.3 is 0 Å². The van der Waals surface area contributed by atoms with Crippen LogP contribution in [0.2, 0.25) is 0 Å². The van der Waals surface area contributed by atoms with Crippen LogP contribution in [0.4, 0.5) is 11.4 Å². The normalized spacial score (nSPS) is 14.5. The van der Waals surface area contributed by atoms with E-state index in [2.05, 4.69) is 22.3 Å². The fraction of sp³-hybridized carbons (Fsp3) is 0.364. The summed E-state index contributed by atoms with van der Waals surface area (Å²) in [5.74, 6) is 0.177. The minimum absolute atomic E-state index is 0.152. The van der Waals surface area contributed by atoms with Gasteiger partial charge in [-0.05, 0) is 38.1 Å². The predicted octanol–water partition coefficient (Wildman–Crippen LogP) is 3.01. The molecule has 3 rings (SSSR count). The molecule has 0 atom stereocenters. The second kappa shape index (κ2) is 8.33. The van der Waals surface area contributed by atoms with Crippen molar-refractivity contribution in [2.24, 2.45) is 5.41 Å². The first kappa shape index (κ1) is 19.7. The predicted molar refractivity (Wildman–Crippen MR) is 111 cm³/mol. The summed E-state index contributed by atoms with van der Waals surface area (Å²) in [6.07, 6.45) is 0. The van der Waals surface area contributed by atoms with Gasteiger partial charge in [0, 0.05) is 43.6 Å². The number of ether oxygens (including phenoxy) is 1. The molecule has 28 heavy (non-hydrogen) atoms. The third kappa shape index (κ3) is 4.27. The Balaban J connectivity index is 1.61. The number of benzene rings is 2. The number of methoxy groups -OCH3 is 1. The van der Waals surface area contributed by atoms with Crippen LogP contribution in [-0.4, -0.2) is 50.0 Å². The van der Waals surface area contributed by atoms with E-state index in [-0.39, 0.29) is 11.8 Å². The molecule has 2 aromatic carbocycles. The van der Waals surface area contributed by atoms with E-state index < -0.39 is 5.41 Å². The Morgan fingerprint density at radius 2 is 1.64 bits per heavy atom. The molecule has 0 spiro atoms. The van der Waals surface area contributed by atoms with Gasteiger partial charge in [-0.3, -0.25) is 9.59 Å². The van der Waals surface area contributed by atoms with Crippen molar-refractivity contribution >= 4 is 23.2 Å². The standard InChI is InChI=1S/C22H27N3O3/c1-22(2,20(26)23-17-8-7-11-19(16-17)28-3)21(27)25-14-12-24(13-15-25)18-9-5-4-6-10-18/h4-11,16H,12-15H2,1-3H3,(H,23,26). The Kier molecular flexibility index (Phi) is 5.87. The molecule has 0 saturated carbocycles. The highest BCUT2D eigenvalue weighted by Gasteiger charge is 2.40. The molecular weight excluding hydrogens is 354 g/mol. The van der Waals surface area contributed by atoms with Crippen molar-refractivity contribution in [1.82, 2.24) is 4.90 Å². The van der Waals surface area contributed by atoms with Gasteiger partial charge in [-0.25, -0.2) is 0 Å². The molecule has 0 unspecified atom stereocenters. The molecule has 1 heterocycles. The maximum absolute atomic E-state index is 13.0. The van der Waals surface area contributed by atoms with Crippen LogP contribution in [-0.2, 0) is 9.59 Å². The lowest BCUT2D eigenvalue weighted by Crippen LogP contribution is -2.54. The van der Waals surface area contributed by atoms with Crippen molar-refractivity contribution in [3.8, 4) is 5.75 Å². The van der Waals surface area contributed by atoms with Crippen molar-refractivity contribution in [3.05, 3.63) is 54.6 Å². The lowest BCUT2D eigenvalue weighted by Gasteiger charge is -2.39. The number of anilines is 2. The van der Waals surface area contributed by atoms with Crippen molar-refractivity contribution in [3.63, 3.8) is 0 Å². The number of nitrogens with one attached hydrogen (secondary N) is 1. The second-order valence-corrected chi connectivity index (χ2v) is 7.43. The Hall–Kier alpha value is -3.02. The SMILES string of the molecule is COc1cccc(NC(=O)C(C)(C)C(=O)N2CCN(c3ccccc3)CC2)c1. The molecule has 2 aromatic rings. The molecule has 1 fully saturated rings. The molecule has 0 aromatic heterocycles. The Morgan fingerprint density at radius 3 is 2.29 bits per heavy atom. The van der Waals surface area contributed by atoms with E-state index in [1.165, 1.54) is 0 Å². The first-order chi connectivity index (χ1) is 13.4. The summed E-state index contributed by atoms with van der Waals surface area (Å²) in [5, 5.41) is 2.83. The van der Waals surface area contributed by atoms with Gasteiger partial charge in [-0.1, -0.05) is 24.3 Å². The maximum atomic E-state index is 13.0. The summed E-state index contributed by atoms with van der Waals surface area (Å²) in [6.45, 7) is 6.06. The summed E-state index contributed by atoms with van der Waals surface area (Å²) < 4.78 is 5.18. The molecule has 148 valence electrons. The van der Waals surface area contributed by atoms with Crippen LogP contribution in [0.5, 0.6) is 5.75 Å². The first-order valence-corrected chi connectivity index (χ1v) is 9.46. The number of carbonyl (C=O) groups is 2. The van der Waals surface area contributed by atoms with Crippen molar-refractivity contribution in [1.29, 1.82) is 0 Å². The molecule has 0 aliphatic carbocycles. The van der Waals surface area contributed by atoms with Crippen LogP contribution >= 0.6 is 0 Å². The van der Waals surface area contributed by atoms with Gasteiger partial charge in [0.1, 0.15) is 11.2 Å². The summed E-state index contributed by atoms with van der Waals surface area (Å²) in [7, 11) is 1.57. The molecule has 1 aliphatic rings. The van der Waals surface area contributed by atoms with Crippen LogP contribution in [0, 0.1) is 5.41 Å². The molecule has 1 N–H and O–H groups in total. The lowest BCUT2D eigenvalue weighted by molar-refractivity contribution is -0.146. The van der Waals surface area contributed by atoms with E-state index in [9.17, 15) is 9.59 Å². The topological polar surface area (TPSA) is 61.9 Å². The van der Waals surface area contributed by atoms with Crippen LogP contribution in [0.25, 0.3) is 0 Å². The van der Waals surface area contributed by atoms with E-state index in [4.69, 9.17) is 4.74 Å². The molecule has 6 heteroatoms. The third-order valence-electron chi connectivity index (χ3n) is 5.12. The van der Waals surface area contributed by atoms with Gasteiger partial charge in [-0.2, -0.15) is 0 Å². The molecule has 2 amide bonds. The molecular formula is C22H27N3O3. The van der Waals surface area contributed by atoms with Crippen molar-refractivity contribution in [2.45, 2.75) is 13.8 Å². The molecule has 0 bridgehead atoms. The number of amides is 2. The van der Waals surface area contributed by atoms with Gasteiger partial charge in [-0.15, -0.1) is 0 Å². The number of para-hydroxylation sites is 1. The number of carbonyl (C=O) groups excluding carboxylic acids is 2. The summed E-state index contributed by atoms with van der Waals surface area (Å²) in [5.41, 5.74) is 0.613. The molecule has 1 aliphatic heterocycles. The number of piperazine rings is 1. The summed E-state index contributed by atoms with van der Waals surface area (Å²) in [4.78, 5) is 29.9. The van der Waals surface area contributed by atoms with Crippen molar-refractivity contribution < 1.29 is 14.3 Å². The monoisotopic (exact) mass is 381 g/mol. The molecule has 6 nitrogen and oxygen atoms in total. The van der Waals surface area contributed by atoms with Crippen molar-refractivity contribution in [2.75, 3.05) is 43.5 Å². The molecule has 1 saturated heterocycles. The second-order valence-electron chi connectivity index (χ2n) is 7.43. The zero-order chi connectivity index (χ0) is 20.1. The fourth-order valence-electron chi connectivity index (χ4n) is 3.29. The number of nitrogens with zero attached hydrogens (tertiary/aromatic N) is 2. The Morgan fingerprint density at radius 1 is 0.964 bits per heavy atom. The summed E-state index contributed by atoms with van der Waals surface area (Å²) in [6, 6.07) is 17.3. The highest BCUT2D eigenvalue weighted by Crippen LogP contribution is 2.25. The Bertz CT molecular complexity index is 828. The highest BCUT2D eigenvalue weighted by atomic mass is 16.5. The van der Waals surface area contributed by atoms with Crippen LogP contribution < -0.4 is 15.0 Å². The molecule has 0 radical (unpaired) electrons. The van der Waals surface area contributed by atoms with Gasteiger partial charge in [0.25, 0.3) is 0 Å².